The Bertz CT molecular complexity index is 839. The van der Waals surface area contributed by atoms with Crippen LogP contribution in [0.3, 0.4) is 0 Å². The molecule has 2 aromatic carbocycles. The number of nitrogens with one attached hydrogen (secondary N) is 2. The van der Waals surface area contributed by atoms with Crippen molar-refractivity contribution in [2.75, 3.05) is 17.8 Å². The average molecular weight is 401 g/mol. The van der Waals surface area contributed by atoms with Gasteiger partial charge in [0.2, 0.25) is 5.02 Å². The zero-order chi connectivity index (χ0) is 17.9. The highest BCUT2D eigenvalue weighted by atomic mass is 35.5. The van der Waals surface area contributed by atoms with Gasteiger partial charge in [-0.05, 0) is 73.5 Å². The van der Waals surface area contributed by atoms with Gasteiger partial charge < -0.3 is 10.1 Å². The van der Waals surface area contributed by atoms with E-state index in [0.717, 1.165) is 31.5 Å². The highest BCUT2D eigenvalue weighted by Gasteiger charge is 2.17. The van der Waals surface area contributed by atoms with Crippen molar-refractivity contribution >= 4 is 38.9 Å². The molecule has 5 nitrogen and oxygen atoms in total. The van der Waals surface area contributed by atoms with Crippen molar-refractivity contribution in [1.29, 1.82) is 0 Å². The molecule has 0 bridgehead atoms. The molecule has 0 unspecified atom stereocenters. The zero-order valence-corrected chi connectivity index (χ0v) is 15.7. The van der Waals surface area contributed by atoms with Gasteiger partial charge in [-0.15, -0.1) is 0 Å². The molecule has 134 valence electrons. The Hall–Kier alpha value is -1.47. The highest BCUT2D eigenvalue weighted by molar-refractivity contribution is 7.92. The summed E-state index contributed by atoms with van der Waals surface area (Å²) in [6, 6.07) is 11.7. The van der Waals surface area contributed by atoms with E-state index in [1.54, 1.807) is 36.4 Å². The summed E-state index contributed by atoms with van der Waals surface area (Å²) in [6.45, 7) is 1.77. The molecule has 0 saturated heterocycles. The van der Waals surface area contributed by atoms with Crippen molar-refractivity contribution in [2.24, 2.45) is 0 Å². The van der Waals surface area contributed by atoms with Crippen LogP contribution in [0.2, 0.25) is 0 Å². The molecule has 0 aliphatic carbocycles. The topological polar surface area (TPSA) is 67.4 Å². The number of fused-ring (bicyclic) bond motifs is 1. The fourth-order valence-electron chi connectivity index (χ4n) is 2.74. The maximum atomic E-state index is 12.6. The van der Waals surface area contributed by atoms with Crippen LogP contribution in [0.4, 0.5) is 5.69 Å². The molecular formula is C17H18Cl2N2O3S. The number of rotatable bonds is 5. The molecule has 0 radical (unpaired) electrons. The van der Waals surface area contributed by atoms with Crippen LogP contribution in [0.1, 0.15) is 11.1 Å². The van der Waals surface area contributed by atoms with Crippen molar-refractivity contribution in [3.8, 4) is 5.75 Å². The summed E-state index contributed by atoms with van der Waals surface area (Å²) in [7, 11) is -3.66. The van der Waals surface area contributed by atoms with Crippen molar-refractivity contribution in [1.82, 2.24) is 5.32 Å². The van der Waals surface area contributed by atoms with Gasteiger partial charge in [-0.2, -0.15) is 0 Å². The number of sulfonamides is 1. The third-order valence-corrected chi connectivity index (χ3v) is 5.52. The van der Waals surface area contributed by atoms with Crippen LogP contribution >= 0.6 is 23.2 Å². The molecule has 0 amide bonds. The Labute approximate surface area is 157 Å². The van der Waals surface area contributed by atoms with E-state index in [1.165, 1.54) is 5.56 Å². The predicted octanol–water partition coefficient (Wildman–Crippen LogP) is 3.32. The van der Waals surface area contributed by atoms with E-state index in [9.17, 15) is 8.42 Å². The molecule has 0 spiro atoms. The Morgan fingerprint density at radius 1 is 1.00 bits per heavy atom. The number of halogens is 2. The molecule has 0 aromatic heterocycles. The van der Waals surface area contributed by atoms with Crippen LogP contribution in [-0.2, 0) is 22.9 Å². The summed E-state index contributed by atoms with van der Waals surface area (Å²) >= 11 is 11.1. The molecule has 0 fully saturated rings. The van der Waals surface area contributed by atoms with Crippen LogP contribution in [0.25, 0.3) is 0 Å². The van der Waals surface area contributed by atoms with Crippen LogP contribution in [0.5, 0.6) is 5.75 Å². The van der Waals surface area contributed by atoms with E-state index < -0.39 is 15.0 Å². The molecule has 25 heavy (non-hydrogen) atoms. The second-order valence-electron chi connectivity index (χ2n) is 5.69. The van der Waals surface area contributed by atoms with Crippen molar-refractivity contribution in [2.45, 2.75) is 22.8 Å². The SMILES string of the molecule is O=S(=O)(Nc1ccc(OC(Cl)Cl)cc1)c1ccc2c(c1)CCNCC2. The lowest BCUT2D eigenvalue weighted by Crippen LogP contribution is -2.16. The third-order valence-electron chi connectivity index (χ3n) is 3.96. The van der Waals surface area contributed by atoms with E-state index in [-0.39, 0.29) is 4.90 Å². The molecule has 1 heterocycles. The minimum Gasteiger partial charge on any atom is -0.461 e. The van der Waals surface area contributed by atoms with E-state index in [0.29, 0.717) is 11.4 Å². The molecule has 1 aliphatic heterocycles. The van der Waals surface area contributed by atoms with E-state index >= 15 is 0 Å². The number of ether oxygens (including phenoxy) is 1. The Kier molecular flexibility index (Phi) is 5.74. The van der Waals surface area contributed by atoms with E-state index in [2.05, 4.69) is 10.0 Å². The van der Waals surface area contributed by atoms with Gasteiger partial charge >= 0.3 is 0 Å². The molecular weight excluding hydrogens is 383 g/mol. The molecule has 8 heteroatoms. The van der Waals surface area contributed by atoms with E-state index in [1.807, 2.05) is 6.07 Å². The Balaban J connectivity index is 1.78. The number of hydrogen-bond donors (Lipinski definition) is 2. The lowest BCUT2D eigenvalue weighted by molar-refractivity contribution is 0.354. The first kappa shape index (κ1) is 18.3. The second kappa shape index (κ2) is 7.83. The fourth-order valence-corrected chi connectivity index (χ4v) is 4.05. The largest absolute Gasteiger partial charge is 0.461 e. The summed E-state index contributed by atoms with van der Waals surface area (Å²) in [5, 5.41) is 2.34. The minimum atomic E-state index is -3.66. The number of hydrogen-bond acceptors (Lipinski definition) is 4. The summed E-state index contributed by atoms with van der Waals surface area (Å²) in [5.41, 5.74) is 2.71. The summed E-state index contributed by atoms with van der Waals surface area (Å²) in [5.74, 6) is 0.454. The highest BCUT2D eigenvalue weighted by Crippen LogP contribution is 2.23. The standard InChI is InChI=1S/C17H18Cl2N2O3S/c18-17(19)24-15-4-2-14(3-5-15)21-25(22,23)16-6-1-12-7-9-20-10-8-13(12)11-16/h1-6,11,17,20-21H,7-10H2. The van der Waals surface area contributed by atoms with Gasteiger partial charge in [0.05, 0.1) is 4.90 Å². The lowest BCUT2D eigenvalue weighted by atomic mass is 10.0. The summed E-state index contributed by atoms with van der Waals surface area (Å²) < 4.78 is 32.9. The first-order chi connectivity index (χ1) is 11.9. The van der Waals surface area contributed by atoms with Crippen LogP contribution < -0.4 is 14.8 Å². The van der Waals surface area contributed by atoms with E-state index in [4.69, 9.17) is 27.9 Å². The Morgan fingerprint density at radius 2 is 1.68 bits per heavy atom. The summed E-state index contributed by atoms with van der Waals surface area (Å²) in [6.07, 6.45) is 1.73. The predicted molar refractivity (Wildman–Crippen MR) is 100 cm³/mol. The molecule has 2 aromatic rings. The Morgan fingerprint density at radius 3 is 2.36 bits per heavy atom. The van der Waals surface area contributed by atoms with Crippen LogP contribution in [0, 0.1) is 0 Å². The molecule has 2 N–H and O–H groups in total. The zero-order valence-electron chi connectivity index (χ0n) is 13.3. The van der Waals surface area contributed by atoms with Gasteiger partial charge in [-0.1, -0.05) is 29.3 Å². The van der Waals surface area contributed by atoms with Crippen LogP contribution in [0.15, 0.2) is 47.4 Å². The minimum absolute atomic E-state index is 0.259. The van der Waals surface area contributed by atoms with Crippen molar-refractivity contribution in [3.05, 3.63) is 53.6 Å². The van der Waals surface area contributed by atoms with Crippen LogP contribution in [-0.4, -0.2) is 26.5 Å². The van der Waals surface area contributed by atoms with Crippen molar-refractivity contribution in [3.63, 3.8) is 0 Å². The number of alkyl halides is 2. The summed E-state index contributed by atoms with van der Waals surface area (Å²) in [4.78, 5) is 0.259. The quantitative estimate of drug-likeness (QED) is 0.755. The molecule has 3 rings (SSSR count). The lowest BCUT2D eigenvalue weighted by Gasteiger charge is -2.12. The van der Waals surface area contributed by atoms with Gasteiger partial charge in [-0.3, -0.25) is 4.72 Å². The monoisotopic (exact) mass is 400 g/mol. The maximum Gasteiger partial charge on any atom is 0.261 e. The fraction of sp³-hybridized carbons (Fsp3) is 0.294. The smallest absolute Gasteiger partial charge is 0.261 e. The number of benzene rings is 2. The van der Waals surface area contributed by atoms with Gasteiger partial charge in [-0.25, -0.2) is 8.42 Å². The first-order valence-corrected chi connectivity index (χ1v) is 10.2. The molecule has 0 atom stereocenters. The van der Waals surface area contributed by atoms with Gasteiger partial charge in [0.15, 0.2) is 0 Å². The van der Waals surface area contributed by atoms with Crippen molar-refractivity contribution < 1.29 is 13.2 Å². The first-order valence-electron chi connectivity index (χ1n) is 7.84. The average Bonchev–Trinajstić information content (AvgIpc) is 2.80. The van der Waals surface area contributed by atoms with Gasteiger partial charge in [0, 0.05) is 5.69 Å². The maximum absolute atomic E-state index is 12.6. The normalized spacial score (nSPS) is 14.7. The third kappa shape index (κ3) is 4.79. The second-order valence-corrected chi connectivity index (χ2v) is 8.39. The van der Waals surface area contributed by atoms with Gasteiger partial charge in [0.25, 0.3) is 10.0 Å². The molecule has 0 saturated carbocycles. The van der Waals surface area contributed by atoms with Gasteiger partial charge in [0.1, 0.15) is 5.75 Å². The molecule has 1 aliphatic rings. The number of anilines is 1.